The maximum absolute atomic E-state index is 5.66. The fraction of sp³-hybridized carbons (Fsp3) is 0.412. The van der Waals surface area contributed by atoms with Gasteiger partial charge in [-0.3, -0.25) is 0 Å². The van der Waals surface area contributed by atoms with Crippen LogP contribution in [0.4, 0.5) is 5.69 Å². The zero-order valence-electron chi connectivity index (χ0n) is 12.8. The van der Waals surface area contributed by atoms with E-state index < -0.39 is 0 Å². The molecule has 0 aliphatic carbocycles. The number of nitrogens with one attached hydrogen (secondary N) is 1. The third-order valence-electron chi connectivity index (χ3n) is 3.29. The topological polar surface area (TPSA) is 28.4 Å². The standard InChI is InChI=1S/C17H24N2O/c1-13(2)18-11-15-7-5-6-8-17(15)19(4)12-16-10-9-14(3)20-16/h5-10,13,18H,11-12H2,1-4H3. The monoisotopic (exact) mass is 272 g/mol. The molecule has 1 aromatic heterocycles. The molecule has 20 heavy (non-hydrogen) atoms. The molecule has 0 saturated carbocycles. The van der Waals surface area contributed by atoms with Gasteiger partial charge in [-0.05, 0) is 30.7 Å². The lowest BCUT2D eigenvalue weighted by Gasteiger charge is -2.22. The molecule has 3 nitrogen and oxygen atoms in total. The Bertz CT molecular complexity index is 545. The molecule has 0 aliphatic rings. The van der Waals surface area contributed by atoms with Gasteiger partial charge in [0.1, 0.15) is 11.5 Å². The van der Waals surface area contributed by atoms with Crippen molar-refractivity contribution in [3.8, 4) is 0 Å². The third-order valence-corrected chi connectivity index (χ3v) is 3.29. The Balaban J connectivity index is 2.10. The molecule has 1 heterocycles. The van der Waals surface area contributed by atoms with E-state index in [-0.39, 0.29) is 0 Å². The summed E-state index contributed by atoms with van der Waals surface area (Å²) in [5.41, 5.74) is 2.56. The largest absolute Gasteiger partial charge is 0.464 e. The van der Waals surface area contributed by atoms with Crippen molar-refractivity contribution in [1.82, 2.24) is 5.32 Å². The molecule has 108 valence electrons. The molecule has 0 bridgehead atoms. The van der Waals surface area contributed by atoms with Crippen LogP contribution in [0.25, 0.3) is 0 Å². The Morgan fingerprint density at radius 1 is 1.15 bits per heavy atom. The normalized spacial score (nSPS) is 11.1. The Kier molecular flexibility index (Phi) is 4.85. The Labute approximate surface area is 121 Å². The predicted molar refractivity (Wildman–Crippen MR) is 84.0 cm³/mol. The quantitative estimate of drug-likeness (QED) is 0.868. The molecule has 1 aromatic carbocycles. The molecule has 2 aromatic rings. The highest BCUT2D eigenvalue weighted by atomic mass is 16.3. The minimum absolute atomic E-state index is 0.487. The summed E-state index contributed by atoms with van der Waals surface area (Å²) in [6, 6.07) is 13.0. The van der Waals surface area contributed by atoms with Crippen LogP contribution in [-0.2, 0) is 13.1 Å². The van der Waals surface area contributed by atoms with Crippen LogP contribution in [0.1, 0.15) is 30.9 Å². The fourth-order valence-corrected chi connectivity index (χ4v) is 2.24. The van der Waals surface area contributed by atoms with Gasteiger partial charge < -0.3 is 14.6 Å². The molecule has 0 unspecified atom stereocenters. The zero-order valence-corrected chi connectivity index (χ0v) is 12.8. The molecule has 2 rings (SSSR count). The Hall–Kier alpha value is -1.74. The molecule has 0 radical (unpaired) electrons. The van der Waals surface area contributed by atoms with Gasteiger partial charge in [0.05, 0.1) is 6.54 Å². The van der Waals surface area contributed by atoms with Gasteiger partial charge in [-0.15, -0.1) is 0 Å². The van der Waals surface area contributed by atoms with E-state index >= 15 is 0 Å². The van der Waals surface area contributed by atoms with Crippen molar-refractivity contribution >= 4 is 5.69 Å². The highest BCUT2D eigenvalue weighted by Gasteiger charge is 2.09. The van der Waals surface area contributed by atoms with Crippen LogP contribution in [0, 0.1) is 6.92 Å². The van der Waals surface area contributed by atoms with Gasteiger partial charge in [0, 0.05) is 25.3 Å². The minimum atomic E-state index is 0.487. The number of aryl methyl sites for hydroxylation is 1. The van der Waals surface area contributed by atoms with E-state index in [0.29, 0.717) is 6.04 Å². The molecular weight excluding hydrogens is 248 g/mol. The van der Waals surface area contributed by atoms with Crippen molar-refractivity contribution in [3.63, 3.8) is 0 Å². The van der Waals surface area contributed by atoms with Gasteiger partial charge in [0.15, 0.2) is 0 Å². The molecule has 0 amide bonds. The van der Waals surface area contributed by atoms with Crippen molar-refractivity contribution in [2.45, 2.75) is 39.9 Å². The Morgan fingerprint density at radius 2 is 1.90 bits per heavy atom. The number of benzene rings is 1. The third kappa shape index (κ3) is 3.87. The van der Waals surface area contributed by atoms with Crippen molar-refractivity contribution in [2.24, 2.45) is 0 Å². The molecule has 0 saturated heterocycles. The molecule has 0 spiro atoms. The van der Waals surface area contributed by atoms with Crippen molar-refractivity contribution in [3.05, 3.63) is 53.5 Å². The second kappa shape index (κ2) is 6.62. The van der Waals surface area contributed by atoms with Gasteiger partial charge in [0.2, 0.25) is 0 Å². The van der Waals surface area contributed by atoms with Crippen LogP contribution in [0.5, 0.6) is 0 Å². The van der Waals surface area contributed by atoms with Crippen LogP contribution in [-0.4, -0.2) is 13.1 Å². The van der Waals surface area contributed by atoms with Crippen LogP contribution in [0.2, 0.25) is 0 Å². The number of hydrogen-bond donors (Lipinski definition) is 1. The molecule has 0 fully saturated rings. The summed E-state index contributed by atoms with van der Waals surface area (Å²) < 4.78 is 5.66. The van der Waals surface area contributed by atoms with Crippen molar-refractivity contribution < 1.29 is 4.42 Å². The van der Waals surface area contributed by atoms with E-state index in [0.717, 1.165) is 24.6 Å². The zero-order chi connectivity index (χ0) is 14.5. The number of para-hydroxylation sites is 1. The lowest BCUT2D eigenvalue weighted by Crippen LogP contribution is -2.24. The summed E-state index contributed by atoms with van der Waals surface area (Å²) >= 11 is 0. The SMILES string of the molecule is Cc1ccc(CN(C)c2ccccc2CNC(C)C)o1. The van der Waals surface area contributed by atoms with Crippen LogP contribution < -0.4 is 10.2 Å². The van der Waals surface area contributed by atoms with Gasteiger partial charge in [-0.1, -0.05) is 32.0 Å². The minimum Gasteiger partial charge on any atom is -0.464 e. The summed E-state index contributed by atoms with van der Waals surface area (Å²) in [6.45, 7) is 7.97. The second-order valence-corrected chi connectivity index (χ2v) is 5.53. The van der Waals surface area contributed by atoms with Crippen LogP contribution in [0.3, 0.4) is 0 Å². The first-order chi connectivity index (χ1) is 9.56. The molecule has 1 N–H and O–H groups in total. The Morgan fingerprint density at radius 3 is 2.55 bits per heavy atom. The first-order valence-corrected chi connectivity index (χ1v) is 7.14. The maximum atomic E-state index is 5.66. The van der Waals surface area contributed by atoms with Crippen molar-refractivity contribution in [1.29, 1.82) is 0 Å². The summed E-state index contributed by atoms with van der Waals surface area (Å²) in [4.78, 5) is 2.23. The first kappa shape index (κ1) is 14.7. The summed E-state index contributed by atoms with van der Waals surface area (Å²) in [5.74, 6) is 1.96. The number of furan rings is 1. The summed E-state index contributed by atoms with van der Waals surface area (Å²) in [7, 11) is 2.10. The van der Waals surface area contributed by atoms with Crippen molar-refractivity contribution in [2.75, 3.05) is 11.9 Å². The highest BCUT2D eigenvalue weighted by Crippen LogP contribution is 2.21. The number of hydrogen-bond acceptors (Lipinski definition) is 3. The predicted octanol–water partition coefficient (Wildman–Crippen LogP) is 3.72. The van der Waals surface area contributed by atoms with Crippen LogP contribution >= 0.6 is 0 Å². The molecular formula is C17H24N2O. The van der Waals surface area contributed by atoms with E-state index in [2.05, 4.69) is 55.4 Å². The smallest absolute Gasteiger partial charge is 0.123 e. The maximum Gasteiger partial charge on any atom is 0.123 e. The lowest BCUT2D eigenvalue weighted by molar-refractivity contribution is 0.481. The van der Waals surface area contributed by atoms with Gasteiger partial charge in [-0.25, -0.2) is 0 Å². The van der Waals surface area contributed by atoms with Gasteiger partial charge >= 0.3 is 0 Å². The average molecular weight is 272 g/mol. The average Bonchev–Trinajstić information content (AvgIpc) is 2.82. The number of rotatable bonds is 6. The first-order valence-electron chi connectivity index (χ1n) is 7.14. The van der Waals surface area contributed by atoms with E-state index in [1.165, 1.54) is 11.3 Å². The van der Waals surface area contributed by atoms with Gasteiger partial charge in [0.25, 0.3) is 0 Å². The number of anilines is 1. The van der Waals surface area contributed by atoms with E-state index in [9.17, 15) is 0 Å². The number of nitrogens with zero attached hydrogens (tertiary/aromatic N) is 1. The van der Waals surface area contributed by atoms with E-state index in [4.69, 9.17) is 4.42 Å². The van der Waals surface area contributed by atoms with E-state index in [1.54, 1.807) is 0 Å². The summed E-state index contributed by atoms with van der Waals surface area (Å²) in [6.07, 6.45) is 0. The van der Waals surface area contributed by atoms with Crippen LogP contribution in [0.15, 0.2) is 40.8 Å². The van der Waals surface area contributed by atoms with E-state index in [1.807, 2.05) is 19.1 Å². The molecule has 0 aliphatic heterocycles. The fourth-order valence-electron chi connectivity index (χ4n) is 2.24. The van der Waals surface area contributed by atoms with Gasteiger partial charge in [-0.2, -0.15) is 0 Å². The summed E-state index contributed by atoms with van der Waals surface area (Å²) in [5, 5.41) is 3.47. The molecule has 0 atom stereocenters. The molecule has 3 heteroatoms. The highest BCUT2D eigenvalue weighted by molar-refractivity contribution is 5.53. The second-order valence-electron chi connectivity index (χ2n) is 5.53. The lowest BCUT2D eigenvalue weighted by atomic mass is 10.1.